The molecule has 1 fully saturated rings. The molecule has 2 aromatic rings. The topological polar surface area (TPSA) is 123 Å². The molecule has 0 bridgehead atoms. The fraction of sp³-hybridized carbons (Fsp3) is 0.300. The second-order valence-electron chi connectivity index (χ2n) is 7.22. The van der Waals surface area contributed by atoms with E-state index in [4.69, 9.17) is 9.98 Å². The molecular formula is C20H19N5O4. The van der Waals surface area contributed by atoms with E-state index in [-0.39, 0.29) is 11.4 Å². The zero-order chi connectivity index (χ0) is 20.4. The van der Waals surface area contributed by atoms with Gasteiger partial charge >= 0.3 is 0 Å². The highest BCUT2D eigenvalue weighted by Crippen LogP contribution is 2.37. The number of hydrogen-bond donors (Lipinski definition) is 1. The molecule has 1 N–H and O–H groups in total. The highest BCUT2D eigenvalue weighted by atomic mass is 16.6. The fourth-order valence-electron chi connectivity index (χ4n) is 3.78. The van der Waals surface area contributed by atoms with Crippen LogP contribution in [0.4, 0.5) is 17.1 Å². The van der Waals surface area contributed by atoms with E-state index in [1.165, 1.54) is 24.3 Å². The minimum atomic E-state index is -0.447. The lowest BCUT2D eigenvalue weighted by molar-refractivity contribution is -0.385. The van der Waals surface area contributed by atoms with Gasteiger partial charge in [-0.15, -0.1) is 0 Å². The van der Waals surface area contributed by atoms with Crippen molar-refractivity contribution >= 4 is 28.7 Å². The number of anilines is 1. The van der Waals surface area contributed by atoms with E-state index in [9.17, 15) is 20.2 Å². The molecule has 4 rings (SSSR count). The molecule has 29 heavy (non-hydrogen) atoms. The van der Waals surface area contributed by atoms with Gasteiger partial charge in [0.2, 0.25) is 0 Å². The first-order chi connectivity index (χ1) is 14.0. The average Bonchev–Trinajstić information content (AvgIpc) is 3.06. The second kappa shape index (κ2) is 7.42. The minimum absolute atomic E-state index is 0.0212. The van der Waals surface area contributed by atoms with Crippen LogP contribution < -0.4 is 5.32 Å². The lowest BCUT2D eigenvalue weighted by Gasteiger charge is -2.32. The molecule has 0 aromatic heterocycles. The normalized spacial score (nSPS) is 17.5. The van der Waals surface area contributed by atoms with Crippen molar-refractivity contribution in [2.75, 3.05) is 5.32 Å². The van der Waals surface area contributed by atoms with Crippen LogP contribution in [0.5, 0.6) is 0 Å². The first-order valence-electron chi connectivity index (χ1n) is 9.42. The summed E-state index contributed by atoms with van der Waals surface area (Å²) in [5.41, 5.74) is 1.03. The van der Waals surface area contributed by atoms with E-state index in [0.717, 1.165) is 43.5 Å². The van der Waals surface area contributed by atoms with Crippen LogP contribution in [-0.2, 0) is 0 Å². The van der Waals surface area contributed by atoms with Crippen LogP contribution in [0.3, 0.4) is 0 Å². The monoisotopic (exact) mass is 393 g/mol. The third-order valence-electron chi connectivity index (χ3n) is 5.34. The van der Waals surface area contributed by atoms with Crippen molar-refractivity contribution in [2.24, 2.45) is 9.98 Å². The molecule has 0 atom stereocenters. The van der Waals surface area contributed by atoms with Gasteiger partial charge < -0.3 is 5.32 Å². The van der Waals surface area contributed by atoms with Crippen LogP contribution in [0, 0.1) is 20.2 Å². The summed E-state index contributed by atoms with van der Waals surface area (Å²) in [7, 11) is 0. The number of nitro benzene ring substituents is 2. The summed E-state index contributed by atoms with van der Waals surface area (Å²) < 4.78 is 0. The summed E-state index contributed by atoms with van der Waals surface area (Å²) in [6, 6.07) is 12.4. The molecule has 1 aliphatic carbocycles. The van der Waals surface area contributed by atoms with Crippen molar-refractivity contribution in [3.05, 3.63) is 74.3 Å². The fourth-order valence-corrected chi connectivity index (χ4v) is 3.78. The molecule has 148 valence electrons. The number of nitro groups is 2. The number of benzene rings is 2. The van der Waals surface area contributed by atoms with Gasteiger partial charge in [0.1, 0.15) is 11.4 Å². The molecule has 2 aromatic carbocycles. The number of non-ortho nitro benzene ring substituents is 2. The highest BCUT2D eigenvalue weighted by Gasteiger charge is 2.41. The molecule has 1 spiro atoms. The van der Waals surface area contributed by atoms with Crippen LogP contribution in [0.1, 0.15) is 37.7 Å². The van der Waals surface area contributed by atoms with E-state index < -0.39 is 15.4 Å². The molecular weight excluding hydrogens is 374 g/mol. The van der Waals surface area contributed by atoms with Gasteiger partial charge in [-0.05, 0) is 37.1 Å². The Labute approximate surface area is 166 Å². The Morgan fingerprint density at radius 3 is 1.93 bits per heavy atom. The van der Waals surface area contributed by atoms with Crippen molar-refractivity contribution in [1.82, 2.24) is 0 Å². The van der Waals surface area contributed by atoms with Gasteiger partial charge in [0, 0.05) is 35.5 Å². The van der Waals surface area contributed by atoms with Gasteiger partial charge in [0.05, 0.1) is 9.85 Å². The van der Waals surface area contributed by atoms with E-state index >= 15 is 0 Å². The SMILES string of the molecule is O=[N+]([O-])c1ccc(NC2=NC(c3ccc([N+](=O)[O-])cc3)=NC23CCCCC3)cc1. The smallest absolute Gasteiger partial charge is 0.269 e. The number of rotatable bonds is 4. The van der Waals surface area contributed by atoms with Gasteiger partial charge in [0.25, 0.3) is 11.4 Å². The van der Waals surface area contributed by atoms with Crippen molar-refractivity contribution < 1.29 is 9.85 Å². The van der Waals surface area contributed by atoms with Crippen LogP contribution in [0.25, 0.3) is 0 Å². The van der Waals surface area contributed by atoms with Crippen molar-refractivity contribution in [3.8, 4) is 0 Å². The van der Waals surface area contributed by atoms with Gasteiger partial charge in [-0.25, -0.2) is 4.99 Å². The van der Waals surface area contributed by atoms with Crippen LogP contribution in [0.15, 0.2) is 58.5 Å². The van der Waals surface area contributed by atoms with E-state index in [0.29, 0.717) is 11.5 Å². The summed E-state index contributed by atoms with van der Waals surface area (Å²) in [5, 5.41) is 25.1. The number of aliphatic imine (C=N–C) groups is 2. The van der Waals surface area contributed by atoms with E-state index in [2.05, 4.69) is 5.32 Å². The van der Waals surface area contributed by atoms with Gasteiger partial charge in [-0.2, -0.15) is 0 Å². The molecule has 1 aliphatic heterocycles. The van der Waals surface area contributed by atoms with Crippen LogP contribution in [-0.4, -0.2) is 27.1 Å². The Morgan fingerprint density at radius 1 is 0.828 bits per heavy atom. The highest BCUT2D eigenvalue weighted by molar-refractivity contribution is 6.18. The quantitative estimate of drug-likeness (QED) is 0.606. The molecule has 1 heterocycles. The zero-order valence-corrected chi connectivity index (χ0v) is 15.6. The van der Waals surface area contributed by atoms with Crippen molar-refractivity contribution in [1.29, 1.82) is 0 Å². The molecule has 0 radical (unpaired) electrons. The molecule has 0 saturated heterocycles. The Kier molecular flexibility index (Phi) is 4.79. The summed E-state index contributed by atoms with van der Waals surface area (Å²) >= 11 is 0. The Morgan fingerprint density at radius 2 is 1.38 bits per heavy atom. The van der Waals surface area contributed by atoms with Crippen LogP contribution in [0.2, 0.25) is 0 Å². The molecule has 0 amide bonds. The molecule has 9 nitrogen and oxygen atoms in total. The third-order valence-corrected chi connectivity index (χ3v) is 5.34. The summed E-state index contributed by atoms with van der Waals surface area (Å²) in [6.45, 7) is 0. The van der Waals surface area contributed by atoms with Gasteiger partial charge in [-0.1, -0.05) is 19.3 Å². The summed E-state index contributed by atoms with van der Waals surface area (Å²) in [4.78, 5) is 30.5. The second-order valence-corrected chi connectivity index (χ2v) is 7.22. The predicted octanol–water partition coefficient (Wildman–Crippen LogP) is 4.48. The standard InChI is InChI=1S/C20H19N5O4/c26-24(27)16-8-4-14(5-9-16)18-22-19(20(23-18)12-2-1-3-13-20)21-15-6-10-17(11-7-15)25(28)29/h4-11H,1-3,12-13H2,(H,21,22,23). The number of hydrogen-bond acceptors (Lipinski definition) is 7. The van der Waals surface area contributed by atoms with Crippen molar-refractivity contribution in [3.63, 3.8) is 0 Å². The van der Waals surface area contributed by atoms with Gasteiger partial charge in [0.15, 0.2) is 5.84 Å². The number of nitrogens with one attached hydrogen (secondary N) is 1. The summed E-state index contributed by atoms with van der Waals surface area (Å²) in [6.07, 6.45) is 4.95. The Hall–Kier alpha value is -3.62. The maximum absolute atomic E-state index is 10.9. The summed E-state index contributed by atoms with van der Waals surface area (Å²) in [5.74, 6) is 1.27. The van der Waals surface area contributed by atoms with E-state index in [1.807, 2.05) is 0 Å². The zero-order valence-electron chi connectivity index (χ0n) is 15.6. The minimum Gasteiger partial charge on any atom is -0.342 e. The van der Waals surface area contributed by atoms with Crippen molar-refractivity contribution in [2.45, 2.75) is 37.6 Å². The lowest BCUT2D eigenvalue weighted by atomic mass is 9.81. The molecule has 0 unspecified atom stereocenters. The van der Waals surface area contributed by atoms with E-state index in [1.54, 1.807) is 24.3 Å². The largest absolute Gasteiger partial charge is 0.342 e. The van der Waals surface area contributed by atoms with Crippen LogP contribution >= 0.6 is 0 Å². The molecule has 2 aliphatic rings. The maximum atomic E-state index is 10.9. The Bertz CT molecular complexity index is 1010. The first-order valence-corrected chi connectivity index (χ1v) is 9.42. The Balaban J connectivity index is 1.64. The number of nitrogens with zero attached hydrogens (tertiary/aromatic N) is 4. The first kappa shape index (κ1) is 18.7. The van der Waals surface area contributed by atoms with Gasteiger partial charge in [-0.3, -0.25) is 25.2 Å². The predicted molar refractivity (Wildman–Crippen MR) is 110 cm³/mol. The molecule has 9 heteroatoms. The average molecular weight is 393 g/mol. The number of amidine groups is 2. The maximum Gasteiger partial charge on any atom is 0.269 e. The lowest BCUT2D eigenvalue weighted by Crippen LogP contribution is -2.40. The third kappa shape index (κ3) is 3.71. The molecule has 1 saturated carbocycles.